The lowest BCUT2D eigenvalue weighted by atomic mass is 10.2. The van der Waals surface area contributed by atoms with Crippen LogP contribution in [0.4, 0.5) is 0 Å². The molecular weight excluding hydrogens is 138 g/mol. The Kier molecular flexibility index (Phi) is 3.30. The van der Waals surface area contributed by atoms with Gasteiger partial charge in [-0.2, -0.15) is 0 Å². The van der Waals surface area contributed by atoms with E-state index in [2.05, 4.69) is 11.8 Å². The molecule has 11 heavy (non-hydrogen) atoms. The zero-order valence-corrected chi connectivity index (χ0v) is 6.99. The van der Waals surface area contributed by atoms with Crippen molar-refractivity contribution in [1.82, 2.24) is 4.90 Å². The first-order chi connectivity index (χ1) is 5.38. The summed E-state index contributed by atoms with van der Waals surface area (Å²) in [5, 5.41) is 0. The number of rotatable bonds is 3. The van der Waals surface area contributed by atoms with Crippen molar-refractivity contribution in [1.29, 1.82) is 0 Å². The van der Waals surface area contributed by atoms with Gasteiger partial charge in [-0.15, -0.1) is 0 Å². The number of carbonyl (C=O) groups is 1. The van der Waals surface area contributed by atoms with Gasteiger partial charge in [0.25, 0.3) is 0 Å². The molecule has 0 bridgehead atoms. The summed E-state index contributed by atoms with van der Waals surface area (Å²) in [4.78, 5) is 12.4. The van der Waals surface area contributed by atoms with Gasteiger partial charge in [0.15, 0.2) is 0 Å². The maximum atomic E-state index is 10.1. The maximum absolute atomic E-state index is 10.1. The predicted octanol–water partition coefficient (Wildman–Crippen LogP) is 1.23. The van der Waals surface area contributed by atoms with Crippen molar-refractivity contribution in [2.24, 2.45) is 0 Å². The highest BCUT2D eigenvalue weighted by Gasteiger charge is 2.19. The lowest BCUT2D eigenvalue weighted by Gasteiger charge is -2.18. The van der Waals surface area contributed by atoms with Crippen LogP contribution in [0.2, 0.25) is 0 Å². The maximum Gasteiger partial charge on any atom is 0.142 e. The summed E-state index contributed by atoms with van der Waals surface area (Å²) in [7, 11) is 0. The number of hydrogen-bond donors (Lipinski definition) is 0. The van der Waals surface area contributed by atoms with Crippen LogP contribution in [0.5, 0.6) is 0 Å². The Morgan fingerprint density at radius 3 is 3.09 bits per heavy atom. The zero-order chi connectivity index (χ0) is 8.10. The van der Waals surface area contributed by atoms with Crippen LogP contribution in [0.15, 0.2) is 12.2 Å². The molecule has 0 aromatic heterocycles. The average Bonchev–Trinajstić information content (AvgIpc) is 2.47. The van der Waals surface area contributed by atoms with Gasteiger partial charge in [0.1, 0.15) is 6.29 Å². The first-order valence-electron chi connectivity index (χ1n) is 4.24. The van der Waals surface area contributed by atoms with Crippen molar-refractivity contribution in [3.8, 4) is 0 Å². The summed E-state index contributed by atoms with van der Waals surface area (Å²) < 4.78 is 0. The monoisotopic (exact) mass is 153 g/mol. The number of allylic oxidation sites excluding steroid dienone is 1. The molecule has 0 amide bonds. The standard InChI is InChI=1S/C9H15NO/c1-2-10-7-3-5-9(10)6-4-8-11/h4,6,8-9H,2-3,5,7H2,1H3/b6-4-. The minimum absolute atomic E-state index is 0.519. The molecule has 1 heterocycles. The van der Waals surface area contributed by atoms with Crippen molar-refractivity contribution >= 4 is 6.29 Å². The number of likely N-dealkylation sites (N-methyl/N-ethyl adjacent to an activating group) is 1. The first kappa shape index (κ1) is 8.47. The molecule has 1 saturated heterocycles. The Hall–Kier alpha value is -0.630. The van der Waals surface area contributed by atoms with E-state index < -0.39 is 0 Å². The Balaban J connectivity index is 2.42. The van der Waals surface area contributed by atoms with Crippen molar-refractivity contribution in [2.45, 2.75) is 25.8 Å². The second-order valence-corrected chi connectivity index (χ2v) is 2.86. The third-order valence-corrected chi connectivity index (χ3v) is 2.23. The Labute approximate surface area is 67.9 Å². The van der Waals surface area contributed by atoms with Gasteiger partial charge in [0.2, 0.25) is 0 Å². The molecule has 1 aliphatic heterocycles. The van der Waals surface area contributed by atoms with Crippen LogP contribution in [-0.2, 0) is 4.79 Å². The van der Waals surface area contributed by atoms with Gasteiger partial charge in [-0.25, -0.2) is 0 Å². The number of likely N-dealkylation sites (tertiary alicyclic amines) is 1. The molecule has 2 heteroatoms. The van der Waals surface area contributed by atoms with Gasteiger partial charge in [0, 0.05) is 6.04 Å². The van der Waals surface area contributed by atoms with E-state index in [0.29, 0.717) is 6.04 Å². The molecular formula is C9H15NO. The molecule has 2 nitrogen and oxygen atoms in total. The zero-order valence-electron chi connectivity index (χ0n) is 6.99. The summed E-state index contributed by atoms with van der Waals surface area (Å²) >= 11 is 0. The minimum atomic E-state index is 0.519. The summed E-state index contributed by atoms with van der Waals surface area (Å²) in [6, 6.07) is 0.519. The minimum Gasteiger partial charge on any atom is -0.299 e. The lowest BCUT2D eigenvalue weighted by Crippen LogP contribution is -2.27. The number of carbonyl (C=O) groups excluding carboxylic acids is 1. The highest BCUT2D eigenvalue weighted by Crippen LogP contribution is 2.16. The quantitative estimate of drug-likeness (QED) is 0.449. The molecule has 1 unspecified atom stereocenters. The smallest absolute Gasteiger partial charge is 0.142 e. The lowest BCUT2D eigenvalue weighted by molar-refractivity contribution is -0.104. The van der Waals surface area contributed by atoms with Crippen molar-refractivity contribution in [2.75, 3.05) is 13.1 Å². The molecule has 1 fully saturated rings. The fraction of sp³-hybridized carbons (Fsp3) is 0.667. The second-order valence-electron chi connectivity index (χ2n) is 2.86. The number of nitrogens with zero attached hydrogens (tertiary/aromatic N) is 1. The number of hydrogen-bond acceptors (Lipinski definition) is 2. The highest BCUT2D eigenvalue weighted by atomic mass is 16.1. The molecule has 62 valence electrons. The normalized spacial score (nSPS) is 26.5. The van der Waals surface area contributed by atoms with Crippen LogP contribution in [0, 0.1) is 0 Å². The Bertz CT molecular complexity index is 154. The van der Waals surface area contributed by atoms with Gasteiger partial charge < -0.3 is 0 Å². The molecule has 1 rings (SSSR count). The van der Waals surface area contributed by atoms with E-state index in [1.807, 2.05) is 6.08 Å². The average molecular weight is 153 g/mol. The summed E-state index contributed by atoms with van der Waals surface area (Å²) in [5.41, 5.74) is 0. The third kappa shape index (κ3) is 2.15. The van der Waals surface area contributed by atoms with Gasteiger partial charge in [0.05, 0.1) is 0 Å². The largest absolute Gasteiger partial charge is 0.299 e. The van der Waals surface area contributed by atoms with Crippen LogP contribution in [0.25, 0.3) is 0 Å². The van der Waals surface area contributed by atoms with E-state index in [9.17, 15) is 4.79 Å². The molecule has 0 radical (unpaired) electrons. The summed E-state index contributed by atoms with van der Waals surface area (Å²) in [5.74, 6) is 0. The van der Waals surface area contributed by atoms with Crippen LogP contribution in [0.1, 0.15) is 19.8 Å². The fourth-order valence-corrected chi connectivity index (χ4v) is 1.64. The third-order valence-electron chi connectivity index (χ3n) is 2.23. The van der Waals surface area contributed by atoms with E-state index in [1.54, 1.807) is 6.08 Å². The SMILES string of the molecule is CCN1CCCC1/C=C\C=O. The van der Waals surface area contributed by atoms with E-state index >= 15 is 0 Å². The van der Waals surface area contributed by atoms with E-state index in [0.717, 1.165) is 12.8 Å². The molecule has 0 aromatic carbocycles. The molecule has 0 spiro atoms. The van der Waals surface area contributed by atoms with Gasteiger partial charge in [-0.05, 0) is 32.0 Å². The topological polar surface area (TPSA) is 20.3 Å². The Morgan fingerprint density at radius 2 is 2.45 bits per heavy atom. The van der Waals surface area contributed by atoms with Crippen LogP contribution >= 0.6 is 0 Å². The van der Waals surface area contributed by atoms with Crippen LogP contribution in [0.3, 0.4) is 0 Å². The van der Waals surface area contributed by atoms with Crippen molar-refractivity contribution in [3.63, 3.8) is 0 Å². The van der Waals surface area contributed by atoms with Crippen LogP contribution < -0.4 is 0 Å². The molecule has 0 aromatic rings. The van der Waals surface area contributed by atoms with Crippen molar-refractivity contribution in [3.05, 3.63) is 12.2 Å². The predicted molar refractivity (Wildman–Crippen MR) is 45.5 cm³/mol. The molecule has 0 aliphatic carbocycles. The van der Waals surface area contributed by atoms with E-state index in [-0.39, 0.29) is 0 Å². The number of aldehydes is 1. The molecule has 1 atom stereocenters. The van der Waals surface area contributed by atoms with Crippen LogP contribution in [-0.4, -0.2) is 30.3 Å². The molecule has 0 N–H and O–H groups in total. The van der Waals surface area contributed by atoms with Gasteiger partial charge in [-0.3, -0.25) is 9.69 Å². The highest BCUT2D eigenvalue weighted by molar-refractivity contribution is 5.64. The van der Waals surface area contributed by atoms with Gasteiger partial charge >= 0.3 is 0 Å². The Morgan fingerprint density at radius 1 is 1.64 bits per heavy atom. The van der Waals surface area contributed by atoms with Crippen molar-refractivity contribution < 1.29 is 4.79 Å². The second kappa shape index (κ2) is 4.29. The van der Waals surface area contributed by atoms with E-state index in [1.165, 1.54) is 19.4 Å². The summed E-state index contributed by atoms with van der Waals surface area (Å²) in [6.45, 7) is 4.44. The van der Waals surface area contributed by atoms with Gasteiger partial charge in [-0.1, -0.05) is 13.0 Å². The molecule has 0 saturated carbocycles. The summed E-state index contributed by atoms with van der Waals surface area (Å²) in [6.07, 6.45) is 6.94. The fourth-order valence-electron chi connectivity index (χ4n) is 1.64. The first-order valence-corrected chi connectivity index (χ1v) is 4.24. The van der Waals surface area contributed by atoms with E-state index in [4.69, 9.17) is 0 Å². The molecule has 1 aliphatic rings.